The molecule has 6 heteroatoms. The zero-order valence-corrected chi connectivity index (χ0v) is 17.3. The number of hydrogen-bond donors (Lipinski definition) is 1. The molecule has 0 bridgehead atoms. The highest BCUT2D eigenvalue weighted by atomic mass is 16.3. The fourth-order valence-electron chi connectivity index (χ4n) is 5.10. The van der Waals surface area contributed by atoms with Crippen LogP contribution in [-0.4, -0.2) is 76.9 Å². The number of rotatable bonds is 4. The number of aliphatic hydroxyl groups excluding tert-OH is 1. The second kappa shape index (κ2) is 9.26. The molecule has 4 rings (SSSR count). The topological polar surface area (TPSA) is 64.1 Å². The largest absolute Gasteiger partial charge is 0.392 e. The molecule has 29 heavy (non-hydrogen) atoms. The lowest BCUT2D eigenvalue weighted by molar-refractivity contribution is -0.136. The van der Waals surface area contributed by atoms with E-state index < -0.39 is 0 Å². The first-order valence-corrected chi connectivity index (χ1v) is 11.2. The van der Waals surface area contributed by atoms with Crippen molar-refractivity contribution < 1.29 is 14.7 Å². The lowest BCUT2D eigenvalue weighted by Crippen LogP contribution is -2.51. The number of benzene rings is 1. The van der Waals surface area contributed by atoms with Crippen LogP contribution in [-0.2, 0) is 11.4 Å². The van der Waals surface area contributed by atoms with Crippen LogP contribution in [0.5, 0.6) is 0 Å². The minimum absolute atomic E-state index is 0.00302. The molecular formula is C23H33N3O3. The highest BCUT2D eigenvalue weighted by Gasteiger charge is 2.34. The third-order valence-electron chi connectivity index (χ3n) is 6.87. The molecule has 2 amide bonds. The first-order valence-electron chi connectivity index (χ1n) is 11.2. The summed E-state index contributed by atoms with van der Waals surface area (Å²) < 4.78 is 0. The molecule has 3 aliphatic heterocycles. The van der Waals surface area contributed by atoms with Crippen molar-refractivity contribution >= 4 is 11.8 Å². The predicted octanol–water partition coefficient (Wildman–Crippen LogP) is 2.12. The van der Waals surface area contributed by atoms with Crippen LogP contribution in [0.25, 0.3) is 0 Å². The zero-order chi connectivity index (χ0) is 20.2. The number of carbonyl (C=O) groups excluding carboxylic acids is 2. The average molecular weight is 400 g/mol. The standard InChI is InChI=1S/C23H33N3O3/c27-17-18-5-7-19(8-6-18)22(28)25-14-9-21(10-15-25)26-13-3-4-20(16-26)23(29)24-11-1-2-12-24/h5-8,20-21,27H,1-4,9-17H2/t20-/m1/s1. The summed E-state index contributed by atoms with van der Waals surface area (Å²) in [5.74, 6) is 0.603. The van der Waals surface area contributed by atoms with E-state index in [1.165, 1.54) is 0 Å². The second-order valence-corrected chi connectivity index (χ2v) is 8.74. The summed E-state index contributed by atoms with van der Waals surface area (Å²) in [7, 11) is 0. The van der Waals surface area contributed by atoms with Gasteiger partial charge in [-0.3, -0.25) is 14.5 Å². The number of likely N-dealkylation sites (tertiary alicyclic amines) is 3. The molecule has 0 unspecified atom stereocenters. The Balaban J connectivity index is 1.29. The second-order valence-electron chi connectivity index (χ2n) is 8.74. The normalized spacial score (nSPS) is 24.1. The van der Waals surface area contributed by atoms with Crippen molar-refractivity contribution in [3.8, 4) is 0 Å². The summed E-state index contributed by atoms with van der Waals surface area (Å²) in [6, 6.07) is 7.71. The number of amides is 2. The van der Waals surface area contributed by atoms with Crippen LogP contribution in [0.1, 0.15) is 54.4 Å². The van der Waals surface area contributed by atoms with Crippen LogP contribution < -0.4 is 0 Å². The summed E-state index contributed by atoms with van der Waals surface area (Å²) in [4.78, 5) is 32.1. The van der Waals surface area contributed by atoms with E-state index in [2.05, 4.69) is 9.80 Å². The molecular weight excluding hydrogens is 366 g/mol. The van der Waals surface area contributed by atoms with Gasteiger partial charge in [-0.2, -0.15) is 0 Å². The van der Waals surface area contributed by atoms with E-state index in [-0.39, 0.29) is 18.4 Å². The van der Waals surface area contributed by atoms with Crippen LogP contribution in [0.15, 0.2) is 24.3 Å². The molecule has 6 nitrogen and oxygen atoms in total. The molecule has 0 saturated carbocycles. The highest BCUT2D eigenvalue weighted by Crippen LogP contribution is 2.26. The van der Waals surface area contributed by atoms with Gasteiger partial charge in [-0.15, -0.1) is 0 Å². The van der Waals surface area contributed by atoms with Gasteiger partial charge in [-0.25, -0.2) is 0 Å². The maximum Gasteiger partial charge on any atom is 0.253 e. The molecule has 0 radical (unpaired) electrons. The van der Waals surface area contributed by atoms with E-state index in [0.717, 1.165) is 83.4 Å². The fourth-order valence-corrected chi connectivity index (χ4v) is 5.10. The van der Waals surface area contributed by atoms with Crippen molar-refractivity contribution in [3.05, 3.63) is 35.4 Å². The lowest BCUT2D eigenvalue weighted by Gasteiger charge is -2.42. The first-order chi connectivity index (χ1) is 14.2. The maximum absolute atomic E-state index is 12.8. The van der Waals surface area contributed by atoms with Crippen molar-refractivity contribution in [1.29, 1.82) is 0 Å². The summed E-state index contributed by atoms with van der Waals surface area (Å²) >= 11 is 0. The lowest BCUT2D eigenvalue weighted by atomic mass is 9.92. The summed E-state index contributed by atoms with van der Waals surface area (Å²) in [5.41, 5.74) is 1.51. The number of aliphatic hydroxyl groups is 1. The monoisotopic (exact) mass is 399 g/mol. The van der Waals surface area contributed by atoms with Crippen molar-refractivity contribution in [2.75, 3.05) is 39.3 Å². The fraction of sp³-hybridized carbons (Fsp3) is 0.652. The van der Waals surface area contributed by atoms with E-state index >= 15 is 0 Å². The number of carbonyl (C=O) groups is 2. The van der Waals surface area contributed by atoms with Gasteiger partial charge in [-0.05, 0) is 62.8 Å². The molecule has 3 fully saturated rings. The number of nitrogens with zero attached hydrogens (tertiary/aromatic N) is 3. The molecule has 0 spiro atoms. The molecule has 3 saturated heterocycles. The van der Waals surface area contributed by atoms with Crippen molar-refractivity contribution in [1.82, 2.24) is 14.7 Å². The Morgan fingerprint density at radius 2 is 1.55 bits per heavy atom. The number of piperidine rings is 2. The smallest absolute Gasteiger partial charge is 0.253 e. The van der Waals surface area contributed by atoms with Crippen molar-refractivity contribution in [2.45, 2.75) is 51.2 Å². The highest BCUT2D eigenvalue weighted by molar-refractivity contribution is 5.94. The first kappa shape index (κ1) is 20.4. The van der Waals surface area contributed by atoms with E-state index in [1.54, 1.807) is 12.1 Å². The molecule has 158 valence electrons. The third-order valence-corrected chi connectivity index (χ3v) is 6.87. The van der Waals surface area contributed by atoms with E-state index in [9.17, 15) is 9.59 Å². The SMILES string of the molecule is O=C(c1ccc(CO)cc1)N1CCC(N2CCC[C@@H](C(=O)N3CCCC3)C2)CC1. The van der Waals surface area contributed by atoms with Crippen LogP contribution in [0.2, 0.25) is 0 Å². The van der Waals surface area contributed by atoms with E-state index in [0.29, 0.717) is 17.5 Å². The minimum Gasteiger partial charge on any atom is -0.392 e. The van der Waals surface area contributed by atoms with Gasteiger partial charge in [-0.1, -0.05) is 12.1 Å². The molecule has 3 aliphatic rings. The quantitative estimate of drug-likeness (QED) is 0.842. The van der Waals surface area contributed by atoms with Gasteiger partial charge in [0.2, 0.25) is 5.91 Å². The van der Waals surface area contributed by atoms with Gasteiger partial charge in [0.15, 0.2) is 0 Å². The Morgan fingerprint density at radius 1 is 0.862 bits per heavy atom. The van der Waals surface area contributed by atoms with Gasteiger partial charge < -0.3 is 14.9 Å². The Bertz CT molecular complexity index is 707. The average Bonchev–Trinajstić information content (AvgIpc) is 3.33. The van der Waals surface area contributed by atoms with E-state index in [1.807, 2.05) is 17.0 Å². The molecule has 1 aromatic carbocycles. The maximum atomic E-state index is 12.8. The third kappa shape index (κ3) is 4.64. The molecule has 0 aromatic heterocycles. The van der Waals surface area contributed by atoms with Gasteiger partial charge in [0, 0.05) is 44.3 Å². The number of hydrogen-bond acceptors (Lipinski definition) is 4. The predicted molar refractivity (Wildman–Crippen MR) is 111 cm³/mol. The van der Waals surface area contributed by atoms with Crippen LogP contribution in [0.4, 0.5) is 0 Å². The van der Waals surface area contributed by atoms with Gasteiger partial charge in [0.1, 0.15) is 0 Å². The Labute approximate surface area is 173 Å². The molecule has 1 N–H and O–H groups in total. The van der Waals surface area contributed by atoms with Crippen molar-refractivity contribution in [2.24, 2.45) is 5.92 Å². The van der Waals surface area contributed by atoms with Gasteiger partial charge >= 0.3 is 0 Å². The van der Waals surface area contributed by atoms with Crippen molar-refractivity contribution in [3.63, 3.8) is 0 Å². The Hall–Kier alpha value is -1.92. The minimum atomic E-state index is -0.00302. The molecule has 1 atom stereocenters. The molecule has 0 aliphatic carbocycles. The summed E-state index contributed by atoms with van der Waals surface area (Å²) in [6.45, 7) is 5.38. The van der Waals surface area contributed by atoms with Gasteiger partial charge in [0.25, 0.3) is 5.91 Å². The molecule has 1 aromatic rings. The Morgan fingerprint density at radius 3 is 2.21 bits per heavy atom. The van der Waals surface area contributed by atoms with Gasteiger partial charge in [0.05, 0.1) is 12.5 Å². The van der Waals surface area contributed by atoms with Crippen LogP contribution >= 0.6 is 0 Å². The summed E-state index contributed by atoms with van der Waals surface area (Å²) in [5, 5.41) is 9.16. The van der Waals surface area contributed by atoms with E-state index in [4.69, 9.17) is 5.11 Å². The molecule has 3 heterocycles. The van der Waals surface area contributed by atoms with Crippen LogP contribution in [0, 0.1) is 5.92 Å². The zero-order valence-electron chi connectivity index (χ0n) is 17.3. The Kier molecular flexibility index (Phi) is 6.50. The van der Waals surface area contributed by atoms with Crippen LogP contribution in [0.3, 0.4) is 0 Å². The summed E-state index contributed by atoms with van der Waals surface area (Å²) in [6.07, 6.45) is 6.37.